The highest BCUT2D eigenvalue weighted by molar-refractivity contribution is 5.94. The number of ether oxygens (including phenoxy) is 1. The lowest BCUT2D eigenvalue weighted by atomic mass is 10.1. The maximum atomic E-state index is 12.9. The van der Waals surface area contributed by atoms with E-state index in [0.29, 0.717) is 24.5 Å². The largest absolute Gasteiger partial charge is 0.492 e. The zero-order chi connectivity index (χ0) is 15.2. The van der Waals surface area contributed by atoms with Crippen LogP contribution in [0.15, 0.2) is 42.5 Å². The van der Waals surface area contributed by atoms with Crippen LogP contribution in [0.3, 0.4) is 0 Å². The molecule has 0 saturated carbocycles. The molecule has 0 saturated heterocycles. The Morgan fingerprint density at radius 1 is 1.14 bits per heavy atom. The molecule has 2 aromatic rings. The van der Waals surface area contributed by atoms with Crippen molar-refractivity contribution in [2.75, 3.05) is 13.2 Å². The molecule has 0 radical (unpaired) electrons. The predicted molar refractivity (Wildman–Crippen MR) is 80.1 cm³/mol. The summed E-state index contributed by atoms with van der Waals surface area (Å²) >= 11 is 0. The Kier molecular flexibility index (Phi) is 4.93. The summed E-state index contributed by atoms with van der Waals surface area (Å²) < 4.78 is 18.3. The summed E-state index contributed by atoms with van der Waals surface area (Å²) in [6.07, 6.45) is 0. The third-order valence-corrected chi connectivity index (χ3v) is 3.22. The summed E-state index contributed by atoms with van der Waals surface area (Å²) in [4.78, 5) is 11.9. The number of hydrogen-bond donors (Lipinski definition) is 1. The van der Waals surface area contributed by atoms with Crippen molar-refractivity contribution in [1.29, 1.82) is 0 Å². The Morgan fingerprint density at radius 2 is 1.95 bits per heavy atom. The van der Waals surface area contributed by atoms with Crippen molar-refractivity contribution in [2.24, 2.45) is 0 Å². The van der Waals surface area contributed by atoms with E-state index in [1.54, 1.807) is 18.2 Å². The normalized spacial score (nSPS) is 10.2. The molecule has 0 aliphatic rings. The lowest BCUT2D eigenvalue weighted by Gasteiger charge is -2.09. The van der Waals surface area contributed by atoms with E-state index in [0.717, 1.165) is 11.1 Å². The van der Waals surface area contributed by atoms with Gasteiger partial charge in [-0.15, -0.1) is 0 Å². The first kappa shape index (κ1) is 15.0. The number of rotatable bonds is 5. The van der Waals surface area contributed by atoms with Crippen LogP contribution in [0.4, 0.5) is 4.39 Å². The summed E-state index contributed by atoms with van der Waals surface area (Å²) in [5.74, 6) is -0.0250. The van der Waals surface area contributed by atoms with Gasteiger partial charge in [0.1, 0.15) is 18.2 Å². The van der Waals surface area contributed by atoms with Crippen LogP contribution in [0.1, 0.15) is 21.5 Å². The van der Waals surface area contributed by atoms with Crippen LogP contribution >= 0.6 is 0 Å². The average molecular weight is 287 g/mol. The summed E-state index contributed by atoms with van der Waals surface area (Å²) in [5, 5.41) is 2.77. The Balaban J connectivity index is 1.80. The van der Waals surface area contributed by atoms with E-state index in [1.165, 1.54) is 12.1 Å². The van der Waals surface area contributed by atoms with Gasteiger partial charge >= 0.3 is 0 Å². The van der Waals surface area contributed by atoms with Crippen molar-refractivity contribution in [3.05, 3.63) is 65.0 Å². The van der Waals surface area contributed by atoms with Crippen LogP contribution in [0.2, 0.25) is 0 Å². The van der Waals surface area contributed by atoms with Gasteiger partial charge < -0.3 is 10.1 Å². The maximum absolute atomic E-state index is 12.9. The molecule has 0 aromatic heterocycles. The minimum absolute atomic E-state index is 0.138. The highest BCUT2D eigenvalue weighted by atomic mass is 19.1. The molecule has 2 aromatic carbocycles. The van der Waals surface area contributed by atoms with Crippen molar-refractivity contribution in [3.8, 4) is 5.75 Å². The quantitative estimate of drug-likeness (QED) is 0.857. The van der Waals surface area contributed by atoms with Gasteiger partial charge in [0.05, 0.1) is 6.54 Å². The van der Waals surface area contributed by atoms with Crippen LogP contribution < -0.4 is 10.1 Å². The molecular weight excluding hydrogens is 269 g/mol. The highest BCUT2D eigenvalue weighted by Crippen LogP contribution is 2.12. The average Bonchev–Trinajstić information content (AvgIpc) is 2.46. The van der Waals surface area contributed by atoms with Crippen molar-refractivity contribution in [2.45, 2.75) is 13.8 Å². The molecule has 2 rings (SSSR count). The van der Waals surface area contributed by atoms with E-state index < -0.39 is 0 Å². The Hall–Kier alpha value is -2.36. The fraction of sp³-hybridized carbons (Fsp3) is 0.235. The van der Waals surface area contributed by atoms with Crippen LogP contribution in [0.5, 0.6) is 5.75 Å². The fourth-order valence-corrected chi connectivity index (χ4v) is 1.87. The molecule has 0 aliphatic heterocycles. The molecule has 21 heavy (non-hydrogen) atoms. The summed E-state index contributed by atoms with van der Waals surface area (Å²) in [5.41, 5.74) is 2.86. The lowest BCUT2D eigenvalue weighted by molar-refractivity contribution is 0.0947. The molecule has 0 unspecified atom stereocenters. The number of aryl methyl sites for hydroxylation is 2. The Bertz CT molecular complexity index is 640. The molecule has 0 heterocycles. The highest BCUT2D eigenvalue weighted by Gasteiger charge is 2.06. The minimum Gasteiger partial charge on any atom is -0.492 e. The van der Waals surface area contributed by atoms with Gasteiger partial charge in [-0.05, 0) is 49.2 Å². The third kappa shape index (κ3) is 4.31. The first-order valence-corrected chi connectivity index (χ1v) is 6.80. The van der Waals surface area contributed by atoms with Gasteiger partial charge in [0.15, 0.2) is 0 Å². The summed E-state index contributed by atoms with van der Waals surface area (Å²) in [6, 6.07) is 11.5. The molecule has 3 nitrogen and oxygen atoms in total. The number of carbonyl (C=O) groups is 1. The van der Waals surface area contributed by atoms with E-state index in [4.69, 9.17) is 4.74 Å². The van der Waals surface area contributed by atoms with E-state index in [-0.39, 0.29) is 11.7 Å². The van der Waals surface area contributed by atoms with Crippen LogP contribution in [-0.2, 0) is 0 Å². The molecule has 0 atom stereocenters. The van der Waals surface area contributed by atoms with E-state index in [9.17, 15) is 9.18 Å². The first-order chi connectivity index (χ1) is 10.1. The van der Waals surface area contributed by atoms with Gasteiger partial charge in [-0.25, -0.2) is 4.39 Å². The van der Waals surface area contributed by atoms with Gasteiger partial charge in [-0.3, -0.25) is 4.79 Å². The molecular formula is C17H18FNO2. The van der Waals surface area contributed by atoms with E-state index in [2.05, 4.69) is 5.32 Å². The number of benzene rings is 2. The van der Waals surface area contributed by atoms with E-state index in [1.807, 2.05) is 26.0 Å². The zero-order valence-electron chi connectivity index (χ0n) is 12.2. The smallest absolute Gasteiger partial charge is 0.251 e. The molecule has 0 spiro atoms. The number of amides is 1. The van der Waals surface area contributed by atoms with Crippen LogP contribution in [0, 0.1) is 19.7 Å². The molecule has 0 bridgehead atoms. The topological polar surface area (TPSA) is 38.3 Å². The van der Waals surface area contributed by atoms with Gasteiger partial charge in [0.25, 0.3) is 5.91 Å². The number of hydrogen-bond acceptors (Lipinski definition) is 2. The van der Waals surface area contributed by atoms with Gasteiger partial charge in [0.2, 0.25) is 0 Å². The fourth-order valence-electron chi connectivity index (χ4n) is 1.87. The van der Waals surface area contributed by atoms with Crippen molar-refractivity contribution in [3.63, 3.8) is 0 Å². The van der Waals surface area contributed by atoms with Crippen molar-refractivity contribution < 1.29 is 13.9 Å². The van der Waals surface area contributed by atoms with Crippen LogP contribution in [-0.4, -0.2) is 19.1 Å². The van der Waals surface area contributed by atoms with Gasteiger partial charge in [-0.1, -0.05) is 12.1 Å². The molecule has 1 N–H and O–H groups in total. The summed E-state index contributed by atoms with van der Waals surface area (Å²) in [7, 11) is 0. The van der Waals surface area contributed by atoms with E-state index >= 15 is 0 Å². The number of nitrogens with one attached hydrogen (secondary N) is 1. The lowest BCUT2D eigenvalue weighted by Crippen LogP contribution is -2.28. The maximum Gasteiger partial charge on any atom is 0.251 e. The molecule has 0 fully saturated rings. The predicted octanol–water partition coefficient (Wildman–Crippen LogP) is 3.25. The molecule has 4 heteroatoms. The van der Waals surface area contributed by atoms with Gasteiger partial charge in [0, 0.05) is 11.6 Å². The molecule has 0 aliphatic carbocycles. The monoisotopic (exact) mass is 287 g/mol. The van der Waals surface area contributed by atoms with Crippen molar-refractivity contribution >= 4 is 5.91 Å². The zero-order valence-corrected chi connectivity index (χ0v) is 12.2. The summed E-state index contributed by atoms with van der Waals surface area (Å²) in [6.45, 7) is 4.63. The molecule has 1 amide bonds. The minimum atomic E-state index is -0.341. The number of carbonyl (C=O) groups excluding carboxylic acids is 1. The SMILES string of the molecule is Cc1ccc(C(=O)NCCOc2cccc(F)c2)cc1C. The van der Waals surface area contributed by atoms with Crippen LogP contribution in [0.25, 0.3) is 0 Å². The Morgan fingerprint density at radius 3 is 2.67 bits per heavy atom. The Labute approximate surface area is 123 Å². The number of halogens is 1. The second-order valence-corrected chi connectivity index (χ2v) is 4.86. The van der Waals surface area contributed by atoms with Crippen molar-refractivity contribution in [1.82, 2.24) is 5.32 Å². The first-order valence-electron chi connectivity index (χ1n) is 6.80. The third-order valence-electron chi connectivity index (χ3n) is 3.22. The van der Waals surface area contributed by atoms with Gasteiger partial charge in [-0.2, -0.15) is 0 Å². The second-order valence-electron chi connectivity index (χ2n) is 4.86. The molecule has 110 valence electrons. The second kappa shape index (κ2) is 6.88. The standard InChI is InChI=1S/C17H18FNO2/c1-12-6-7-14(10-13(12)2)17(20)19-8-9-21-16-5-3-4-15(18)11-16/h3-7,10-11H,8-9H2,1-2H3,(H,19,20).